The van der Waals surface area contributed by atoms with Crippen LogP contribution >= 0.6 is 0 Å². The SMILES string of the molecule is OCCOCCOc1c(F)cc(F)cc1F. The zero-order chi connectivity index (χ0) is 12.0. The summed E-state index contributed by atoms with van der Waals surface area (Å²) in [4.78, 5) is 0. The van der Waals surface area contributed by atoms with Crippen molar-refractivity contribution in [1.29, 1.82) is 0 Å². The Kier molecular flexibility index (Phi) is 5.07. The number of ether oxygens (including phenoxy) is 2. The van der Waals surface area contributed by atoms with E-state index in [0.717, 1.165) is 0 Å². The maximum Gasteiger partial charge on any atom is 0.190 e. The molecule has 0 bridgehead atoms. The zero-order valence-corrected chi connectivity index (χ0v) is 8.38. The van der Waals surface area contributed by atoms with Gasteiger partial charge in [0.1, 0.15) is 12.4 Å². The molecule has 0 aromatic heterocycles. The molecular formula is C10H11F3O3. The molecule has 0 fully saturated rings. The van der Waals surface area contributed by atoms with Crippen LogP contribution in [0, 0.1) is 17.5 Å². The number of aliphatic hydroxyl groups is 1. The summed E-state index contributed by atoms with van der Waals surface area (Å²) in [5.74, 6) is -3.83. The van der Waals surface area contributed by atoms with Gasteiger partial charge in [0.15, 0.2) is 17.4 Å². The fraction of sp³-hybridized carbons (Fsp3) is 0.400. The molecule has 0 heterocycles. The van der Waals surface area contributed by atoms with Crippen molar-refractivity contribution in [3.05, 3.63) is 29.6 Å². The van der Waals surface area contributed by atoms with Crippen LogP contribution in [0.15, 0.2) is 12.1 Å². The van der Waals surface area contributed by atoms with Crippen molar-refractivity contribution in [2.24, 2.45) is 0 Å². The quantitative estimate of drug-likeness (QED) is 0.760. The molecule has 6 heteroatoms. The molecule has 0 aliphatic rings. The highest BCUT2D eigenvalue weighted by molar-refractivity contribution is 5.26. The van der Waals surface area contributed by atoms with Crippen molar-refractivity contribution < 1.29 is 27.8 Å². The van der Waals surface area contributed by atoms with E-state index in [0.29, 0.717) is 12.1 Å². The van der Waals surface area contributed by atoms with Crippen molar-refractivity contribution >= 4 is 0 Å². The second-order valence-corrected chi connectivity index (χ2v) is 2.88. The van der Waals surface area contributed by atoms with Gasteiger partial charge >= 0.3 is 0 Å². The molecule has 0 aliphatic carbocycles. The highest BCUT2D eigenvalue weighted by Gasteiger charge is 2.12. The van der Waals surface area contributed by atoms with E-state index in [-0.39, 0.29) is 26.4 Å². The largest absolute Gasteiger partial charge is 0.485 e. The fourth-order valence-corrected chi connectivity index (χ4v) is 1.04. The first-order valence-corrected chi connectivity index (χ1v) is 4.61. The van der Waals surface area contributed by atoms with Crippen LogP contribution in [-0.2, 0) is 4.74 Å². The Morgan fingerprint density at radius 1 is 1.00 bits per heavy atom. The third-order valence-corrected chi connectivity index (χ3v) is 1.67. The van der Waals surface area contributed by atoms with Gasteiger partial charge in [0.25, 0.3) is 0 Å². The molecule has 1 aromatic rings. The molecule has 0 aliphatic heterocycles. The molecule has 0 radical (unpaired) electrons. The Morgan fingerprint density at radius 2 is 1.62 bits per heavy atom. The molecule has 0 saturated carbocycles. The standard InChI is InChI=1S/C10H11F3O3/c11-7-5-8(12)10(9(13)6-7)16-4-3-15-2-1-14/h5-6,14H,1-4H2. The highest BCUT2D eigenvalue weighted by atomic mass is 19.1. The minimum atomic E-state index is -1.10. The molecule has 0 saturated heterocycles. The molecule has 3 nitrogen and oxygen atoms in total. The van der Waals surface area contributed by atoms with E-state index in [2.05, 4.69) is 0 Å². The molecule has 1 N–H and O–H groups in total. The maximum atomic E-state index is 13.0. The molecule has 1 aromatic carbocycles. The van der Waals surface area contributed by atoms with Crippen LogP contribution in [0.3, 0.4) is 0 Å². The van der Waals surface area contributed by atoms with Gasteiger partial charge in [-0.05, 0) is 0 Å². The van der Waals surface area contributed by atoms with Crippen molar-refractivity contribution in [3.8, 4) is 5.75 Å². The second-order valence-electron chi connectivity index (χ2n) is 2.88. The Balaban J connectivity index is 2.47. The topological polar surface area (TPSA) is 38.7 Å². The summed E-state index contributed by atoms with van der Waals surface area (Å²) in [6.07, 6.45) is 0. The van der Waals surface area contributed by atoms with Gasteiger partial charge in [0.2, 0.25) is 0 Å². The maximum absolute atomic E-state index is 13.0. The summed E-state index contributed by atoms with van der Waals surface area (Å²) < 4.78 is 48.1. The number of aliphatic hydroxyl groups excluding tert-OH is 1. The van der Waals surface area contributed by atoms with Gasteiger partial charge in [-0.25, -0.2) is 13.2 Å². The van der Waals surface area contributed by atoms with Gasteiger partial charge in [-0.1, -0.05) is 0 Å². The number of rotatable bonds is 6. The van der Waals surface area contributed by atoms with Crippen molar-refractivity contribution in [1.82, 2.24) is 0 Å². The molecule has 0 atom stereocenters. The minimum Gasteiger partial charge on any atom is -0.485 e. The zero-order valence-electron chi connectivity index (χ0n) is 8.38. The molecule has 0 amide bonds. The smallest absolute Gasteiger partial charge is 0.190 e. The Morgan fingerprint density at radius 3 is 2.19 bits per heavy atom. The van der Waals surface area contributed by atoms with E-state index in [9.17, 15) is 13.2 Å². The lowest BCUT2D eigenvalue weighted by Gasteiger charge is -2.08. The first kappa shape index (κ1) is 12.8. The Hall–Kier alpha value is -1.27. The third-order valence-electron chi connectivity index (χ3n) is 1.67. The molecule has 16 heavy (non-hydrogen) atoms. The van der Waals surface area contributed by atoms with Gasteiger partial charge in [-0.3, -0.25) is 0 Å². The average molecular weight is 236 g/mol. The second kappa shape index (κ2) is 6.34. The van der Waals surface area contributed by atoms with E-state index in [1.54, 1.807) is 0 Å². The molecular weight excluding hydrogens is 225 g/mol. The lowest BCUT2D eigenvalue weighted by Crippen LogP contribution is -2.10. The lowest BCUT2D eigenvalue weighted by atomic mass is 10.3. The normalized spacial score (nSPS) is 10.5. The van der Waals surface area contributed by atoms with Crippen LogP contribution in [0.25, 0.3) is 0 Å². The number of hydrogen-bond donors (Lipinski definition) is 1. The van der Waals surface area contributed by atoms with Crippen molar-refractivity contribution in [3.63, 3.8) is 0 Å². The van der Waals surface area contributed by atoms with Gasteiger partial charge < -0.3 is 14.6 Å². The van der Waals surface area contributed by atoms with Gasteiger partial charge in [0.05, 0.1) is 19.8 Å². The fourth-order valence-electron chi connectivity index (χ4n) is 1.04. The van der Waals surface area contributed by atoms with Gasteiger partial charge in [-0.2, -0.15) is 0 Å². The third kappa shape index (κ3) is 3.71. The summed E-state index contributed by atoms with van der Waals surface area (Å²) in [6, 6.07) is 1.07. The summed E-state index contributed by atoms with van der Waals surface area (Å²) >= 11 is 0. The molecule has 0 unspecified atom stereocenters. The van der Waals surface area contributed by atoms with Crippen LogP contribution in [0.2, 0.25) is 0 Å². The van der Waals surface area contributed by atoms with E-state index >= 15 is 0 Å². The predicted octanol–water partition coefficient (Wildman–Crippen LogP) is 1.49. The summed E-state index contributed by atoms with van der Waals surface area (Å²) in [6.45, 7) is -0.0205. The average Bonchev–Trinajstić information content (AvgIpc) is 2.20. The molecule has 90 valence electrons. The number of hydrogen-bond acceptors (Lipinski definition) is 3. The van der Waals surface area contributed by atoms with Gasteiger partial charge in [0, 0.05) is 12.1 Å². The van der Waals surface area contributed by atoms with E-state index in [1.165, 1.54) is 0 Å². The minimum absolute atomic E-state index is 0.0802. The monoisotopic (exact) mass is 236 g/mol. The summed E-state index contributed by atoms with van der Waals surface area (Å²) in [5, 5.41) is 8.37. The predicted molar refractivity (Wildman–Crippen MR) is 49.7 cm³/mol. The Labute approximate surface area is 90.4 Å². The van der Waals surface area contributed by atoms with Crippen LogP contribution in [0.5, 0.6) is 5.75 Å². The van der Waals surface area contributed by atoms with Crippen molar-refractivity contribution in [2.45, 2.75) is 0 Å². The van der Waals surface area contributed by atoms with Crippen LogP contribution < -0.4 is 4.74 Å². The van der Waals surface area contributed by atoms with E-state index in [1.807, 2.05) is 0 Å². The van der Waals surface area contributed by atoms with Crippen LogP contribution in [0.4, 0.5) is 13.2 Å². The van der Waals surface area contributed by atoms with Crippen LogP contribution in [-0.4, -0.2) is 31.5 Å². The van der Waals surface area contributed by atoms with E-state index < -0.39 is 23.2 Å². The van der Waals surface area contributed by atoms with Gasteiger partial charge in [-0.15, -0.1) is 0 Å². The number of halogens is 3. The van der Waals surface area contributed by atoms with Crippen LogP contribution in [0.1, 0.15) is 0 Å². The molecule has 0 spiro atoms. The number of benzene rings is 1. The van der Waals surface area contributed by atoms with E-state index in [4.69, 9.17) is 14.6 Å². The Bertz CT molecular complexity index is 321. The lowest BCUT2D eigenvalue weighted by molar-refractivity contribution is 0.0686. The first-order chi connectivity index (χ1) is 7.65. The highest BCUT2D eigenvalue weighted by Crippen LogP contribution is 2.22. The van der Waals surface area contributed by atoms with Crippen molar-refractivity contribution in [2.75, 3.05) is 26.4 Å². The first-order valence-electron chi connectivity index (χ1n) is 4.61. The molecule has 1 rings (SSSR count). The summed E-state index contributed by atoms with van der Waals surface area (Å²) in [5.41, 5.74) is 0. The summed E-state index contributed by atoms with van der Waals surface area (Å²) in [7, 11) is 0.